The molecule has 0 bridgehead atoms. The third kappa shape index (κ3) is 2.93. The van der Waals surface area contributed by atoms with Crippen LogP contribution < -0.4 is 10.2 Å². The van der Waals surface area contributed by atoms with E-state index < -0.39 is 0 Å². The number of aryl methyl sites for hydroxylation is 1. The van der Waals surface area contributed by atoms with Gasteiger partial charge in [0.1, 0.15) is 0 Å². The van der Waals surface area contributed by atoms with Gasteiger partial charge in [0.05, 0.1) is 0 Å². The normalized spacial score (nSPS) is 10.4. The van der Waals surface area contributed by atoms with Crippen LogP contribution in [0.1, 0.15) is 25.1 Å². The summed E-state index contributed by atoms with van der Waals surface area (Å²) < 4.78 is 0. The van der Waals surface area contributed by atoms with Gasteiger partial charge in [-0.05, 0) is 33.9 Å². The number of hydrogen-bond acceptors (Lipinski definition) is 3. The molecule has 0 amide bonds. The van der Waals surface area contributed by atoms with E-state index in [9.17, 15) is 0 Å². The average Bonchev–Trinajstić information content (AvgIpc) is 2.24. The zero-order chi connectivity index (χ0) is 11.3. The van der Waals surface area contributed by atoms with Gasteiger partial charge in [-0.15, -0.1) is 0 Å². The molecule has 0 unspecified atom stereocenters. The summed E-state index contributed by atoms with van der Waals surface area (Å²) in [5.74, 6) is 0. The maximum atomic E-state index is 4.34. The summed E-state index contributed by atoms with van der Waals surface area (Å²) in [6, 6.07) is 2.17. The maximum absolute atomic E-state index is 4.34. The van der Waals surface area contributed by atoms with Crippen molar-refractivity contribution in [3.63, 3.8) is 0 Å². The van der Waals surface area contributed by atoms with Gasteiger partial charge in [0.25, 0.3) is 0 Å². The molecule has 15 heavy (non-hydrogen) atoms. The monoisotopic (exact) mass is 207 g/mol. The van der Waals surface area contributed by atoms with Gasteiger partial charge in [0.2, 0.25) is 0 Å². The summed E-state index contributed by atoms with van der Waals surface area (Å²) in [6.07, 6.45) is 1.97. The van der Waals surface area contributed by atoms with Crippen LogP contribution in [0.25, 0.3) is 0 Å². The van der Waals surface area contributed by atoms with E-state index in [0.717, 1.165) is 25.3 Å². The molecule has 1 N–H and O–H groups in total. The number of hydrogen-bond donors (Lipinski definition) is 1. The van der Waals surface area contributed by atoms with Gasteiger partial charge in [0, 0.05) is 42.8 Å². The lowest BCUT2D eigenvalue weighted by atomic mass is 10.2. The minimum absolute atomic E-state index is 0.874. The standard InChI is InChI=1S/C12H21N3/c1-5-15(6-2)12-7-10(3)14-9-11(12)8-13-4/h7,9,13H,5-6,8H2,1-4H3. The predicted molar refractivity (Wildman–Crippen MR) is 65.3 cm³/mol. The first kappa shape index (κ1) is 12.0. The van der Waals surface area contributed by atoms with Crippen molar-refractivity contribution in [2.45, 2.75) is 27.3 Å². The van der Waals surface area contributed by atoms with Crippen molar-refractivity contribution in [2.24, 2.45) is 0 Å². The molecule has 1 rings (SSSR count). The molecular weight excluding hydrogens is 186 g/mol. The molecule has 0 spiro atoms. The highest BCUT2D eigenvalue weighted by Gasteiger charge is 2.08. The number of anilines is 1. The molecule has 3 nitrogen and oxygen atoms in total. The first-order valence-corrected chi connectivity index (χ1v) is 5.58. The van der Waals surface area contributed by atoms with E-state index in [0.29, 0.717) is 0 Å². The molecular formula is C12H21N3. The van der Waals surface area contributed by atoms with Crippen LogP contribution in [0.5, 0.6) is 0 Å². The predicted octanol–water partition coefficient (Wildman–Crippen LogP) is 1.96. The van der Waals surface area contributed by atoms with E-state index in [1.165, 1.54) is 11.3 Å². The fraction of sp³-hybridized carbons (Fsp3) is 0.583. The second kappa shape index (κ2) is 5.71. The van der Waals surface area contributed by atoms with E-state index in [-0.39, 0.29) is 0 Å². The summed E-state index contributed by atoms with van der Waals surface area (Å²) in [4.78, 5) is 6.71. The van der Waals surface area contributed by atoms with Gasteiger partial charge in [-0.3, -0.25) is 4.98 Å². The van der Waals surface area contributed by atoms with Gasteiger partial charge >= 0.3 is 0 Å². The molecule has 0 aliphatic rings. The fourth-order valence-corrected chi connectivity index (χ4v) is 1.76. The minimum atomic E-state index is 0.874. The van der Waals surface area contributed by atoms with E-state index in [2.05, 4.69) is 35.1 Å². The van der Waals surface area contributed by atoms with Crippen molar-refractivity contribution in [1.29, 1.82) is 0 Å². The molecule has 1 heterocycles. The number of nitrogens with one attached hydrogen (secondary N) is 1. The quantitative estimate of drug-likeness (QED) is 0.800. The Balaban J connectivity index is 3.04. The first-order chi connectivity index (χ1) is 7.22. The number of rotatable bonds is 5. The van der Waals surface area contributed by atoms with Crippen LogP contribution in [0.4, 0.5) is 5.69 Å². The maximum Gasteiger partial charge on any atom is 0.0445 e. The van der Waals surface area contributed by atoms with E-state index in [1.807, 2.05) is 20.2 Å². The van der Waals surface area contributed by atoms with Crippen LogP contribution >= 0.6 is 0 Å². The summed E-state index contributed by atoms with van der Waals surface area (Å²) in [7, 11) is 1.96. The molecule has 0 saturated heterocycles. The lowest BCUT2D eigenvalue weighted by molar-refractivity contribution is 0.789. The Bertz CT molecular complexity index is 306. The topological polar surface area (TPSA) is 28.2 Å². The SMILES string of the molecule is CCN(CC)c1cc(C)ncc1CNC. The molecule has 0 atom stereocenters. The highest BCUT2D eigenvalue weighted by atomic mass is 15.1. The Hall–Kier alpha value is -1.09. The second-order valence-corrected chi connectivity index (χ2v) is 3.66. The summed E-state index contributed by atoms with van der Waals surface area (Å²) >= 11 is 0. The molecule has 1 aromatic rings. The average molecular weight is 207 g/mol. The van der Waals surface area contributed by atoms with E-state index in [1.54, 1.807) is 0 Å². The van der Waals surface area contributed by atoms with Crippen LogP contribution in [0.3, 0.4) is 0 Å². The number of pyridine rings is 1. The van der Waals surface area contributed by atoms with Gasteiger partial charge < -0.3 is 10.2 Å². The lowest BCUT2D eigenvalue weighted by Gasteiger charge is -2.24. The highest BCUT2D eigenvalue weighted by molar-refractivity contribution is 5.53. The van der Waals surface area contributed by atoms with E-state index in [4.69, 9.17) is 0 Å². The first-order valence-electron chi connectivity index (χ1n) is 5.58. The molecule has 84 valence electrons. The highest BCUT2D eigenvalue weighted by Crippen LogP contribution is 2.20. The zero-order valence-corrected chi connectivity index (χ0v) is 10.2. The summed E-state index contributed by atoms with van der Waals surface area (Å²) in [5, 5.41) is 3.18. The number of aromatic nitrogens is 1. The molecule has 0 aromatic carbocycles. The van der Waals surface area contributed by atoms with Crippen LogP contribution in [-0.2, 0) is 6.54 Å². The van der Waals surface area contributed by atoms with Crippen LogP contribution in [0, 0.1) is 6.92 Å². The Kier molecular flexibility index (Phi) is 4.56. The molecule has 0 aliphatic carbocycles. The van der Waals surface area contributed by atoms with Crippen molar-refractivity contribution in [3.8, 4) is 0 Å². The van der Waals surface area contributed by atoms with Crippen molar-refractivity contribution >= 4 is 5.69 Å². The van der Waals surface area contributed by atoms with Crippen molar-refractivity contribution < 1.29 is 0 Å². The van der Waals surface area contributed by atoms with Crippen LogP contribution in [0.15, 0.2) is 12.3 Å². The third-order valence-corrected chi connectivity index (χ3v) is 2.57. The van der Waals surface area contributed by atoms with Crippen molar-refractivity contribution in [3.05, 3.63) is 23.5 Å². The zero-order valence-electron chi connectivity index (χ0n) is 10.2. The second-order valence-electron chi connectivity index (χ2n) is 3.66. The molecule has 0 saturated carbocycles. The van der Waals surface area contributed by atoms with Gasteiger partial charge in [0.15, 0.2) is 0 Å². The Morgan fingerprint density at radius 1 is 1.33 bits per heavy atom. The van der Waals surface area contributed by atoms with Crippen LogP contribution in [0.2, 0.25) is 0 Å². The lowest BCUT2D eigenvalue weighted by Crippen LogP contribution is -2.24. The molecule has 3 heteroatoms. The Morgan fingerprint density at radius 2 is 2.00 bits per heavy atom. The van der Waals surface area contributed by atoms with Gasteiger partial charge in [-0.1, -0.05) is 0 Å². The Labute approximate surface area is 92.5 Å². The fourth-order valence-electron chi connectivity index (χ4n) is 1.76. The molecule has 0 aliphatic heterocycles. The van der Waals surface area contributed by atoms with Crippen LogP contribution in [-0.4, -0.2) is 25.1 Å². The smallest absolute Gasteiger partial charge is 0.0445 e. The molecule has 0 radical (unpaired) electrons. The minimum Gasteiger partial charge on any atom is -0.372 e. The van der Waals surface area contributed by atoms with Gasteiger partial charge in [-0.2, -0.15) is 0 Å². The molecule has 1 aromatic heterocycles. The summed E-state index contributed by atoms with van der Waals surface area (Å²) in [5.41, 5.74) is 3.66. The third-order valence-electron chi connectivity index (χ3n) is 2.57. The van der Waals surface area contributed by atoms with E-state index >= 15 is 0 Å². The van der Waals surface area contributed by atoms with Crippen molar-refractivity contribution in [2.75, 3.05) is 25.0 Å². The Morgan fingerprint density at radius 3 is 2.53 bits per heavy atom. The van der Waals surface area contributed by atoms with Crippen molar-refractivity contribution in [1.82, 2.24) is 10.3 Å². The van der Waals surface area contributed by atoms with Gasteiger partial charge in [-0.25, -0.2) is 0 Å². The molecule has 0 fully saturated rings. The summed E-state index contributed by atoms with van der Waals surface area (Å²) in [6.45, 7) is 9.35. The number of nitrogens with zero attached hydrogens (tertiary/aromatic N) is 2. The largest absolute Gasteiger partial charge is 0.372 e.